The number of esters is 1. The van der Waals surface area contributed by atoms with Gasteiger partial charge < -0.3 is 15.4 Å². The molecular weight excluding hydrogens is 460 g/mol. The first-order valence-corrected chi connectivity index (χ1v) is 10.4. The molecule has 0 radical (unpaired) electrons. The van der Waals surface area contributed by atoms with Crippen molar-refractivity contribution in [2.45, 2.75) is 19.9 Å². The number of nitrogens with one attached hydrogen (secondary N) is 2. The predicted molar refractivity (Wildman–Crippen MR) is 122 cm³/mol. The van der Waals surface area contributed by atoms with Crippen LogP contribution in [0.2, 0.25) is 0 Å². The molecule has 0 saturated carbocycles. The molecule has 3 rings (SSSR count). The van der Waals surface area contributed by atoms with Crippen molar-refractivity contribution in [3.63, 3.8) is 0 Å². The highest BCUT2D eigenvalue weighted by atomic mass is 79.9. The molecule has 6 nitrogen and oxygen atoms in total. The van der Waals surface area contributed by atoms with E-state index in [1.807, 2.05) is 36.4 Å². The Hall–Kier alpha value is -3.45. The van der Waals surface area contributed by atoms with Crippen molar-refractivity contribution in [2.75, 3.05) is 5.32 Å². The van der Waals surface area contributed by atoms with Crippen molar-refractivity contribution in [3.05, 3.63) is 94.0 Å². The SMILES string of the molecule is CC(=O)Oc1cccc(C(=O)NCc2ccc(NC(=O)Cc3ccccc3Br)cc2)c1. The highest BCUT2D eigenvalue weighted by Crippen LogP contribution is 2.18. The van der Waals surface area contributed by atoms with E-state index >= 15 is 0 Å². The predicted octanol–water partition coefficient (Wildman–Crippen LogP) is 4.49. The molecule has 3 aromatic carbocycles. The number of hydrogen-bond donors (Lipinski definition) is 2. The van der Waals surface area contributed by atoms with Crippen LogP contribution in [0.25, 0.3) is 0 Å². The van der Waals surface area contributed by atoms with Gasteiger partial charge in [-0.3, -0.25) is 14.4 Å². The van der Waals surface area contributed by atoms with Gasteiger partial charge in [0.05, 0.1) is 6.42 Å². The van der Waals surface area contributed by atoms with Crippen molar-refractivity contribution in [1.82, 2.24) is 5.32 Å². The van der Waals surface area contributed by atoms with E-state index in [1.165, 1.54) is 13.0 Å². The molecule has 0 saturated heterocycles. The van der Waals surface area contributed by atoms with Gasteiger partial charge in [0, 0.05) is 29.2 Å². The number of amides is 2. The van der Waals surface area contributed by atoms with E-state index in [9.17, 15) is 14.4 Å². The second kappa shape index (κ2) is 10.5. The molecule has 3 aromatic rings. The van der Waals surface area contributed by atoms with Gasteiger partial charge in [0.25, 0.3) is 5.91 Å². The second-order valence-electron chi connectivity index (χ2n) is 6.82. The molecule has 0 bridgehead atoms. The fourth-order valence-electron chi connectivity index (χ4n) is 2.88. The summed E-state index contributed by atoms with van der Waals surface area (Å²) in [5.41, 5.74) is 2.88. The van der Waals surface area contributed by atoms with Gasteiger partial charge in [-0.25, -0.2) is 0 Å². The molecule has 0 unspecified atom stereocenters. The summed E-state index contributed by atoms with van der Waals surface area (Å²) in [6.45, 7) is 1.63. The first-order valence-electron chi connectivity index (χ1n) is 9.59. The molecule has 0 aliphatic rings. The van der Waals surface area contributed by atoms with Crippen LogP contribution in [-0.2, 0) is 22.6 Å². The van der Waals surface area contributed by atoms with Crippen molar-refractivity contribution in [3.8, 4) is 5.75 Å². The quantitative estimate of drug-likeness (QED) is 0.385. The summed E-state index contributed by atoms with van der Waals surface area (Å²) >= 11 is 3.44. The molecule has 7 heteroatoms. The van der Waals surface area contributed by atoms with Crippen molar-refractivity contribution in [1.29, 1.82) is 0 Å². The fraction of sp³-hybridized carbons (Fsp3) is 0.125. The largest absolute Gasteiger partial charge is 0.427 e. The molecule has 0 atom stereocenters. The minimum Gasteiger partial charge on any atom is -0.427 e. The number of rotatable bonds is 7. The maximum Gasteiger partial charge on any atom is 0.308 e. The van der Waals surface area contributed by atoms with Crippen LogP contribution in [0.15, 0.2) is 77.3 Å². The van der Waals surface area contributed by atoms with E-state index < -0.39 is 5.97 Å². The standard InChI is InChI=1S/C24H21BrN2O4/c1-16(28)31-21-7-4-6-19(13-21)24(30)26-15-17-9-11-20(12-10-17)27-23(29)14-18-5-2-3-8-22(18)25/h2-13H,14-15H2,1H3,(H,26,30)(H,27,29). The number of carbonyl (C=O) groups is 3. The van der Waals surface area contributed by atoms with E-state index in [2.05, 4.69) is 26.6 Å². The Kier molecular flexibility index (Phi) is 7.56. The Labute approximate surface area is 188 Å². The lowest BCUT2D eigenvalue weighted by Gasteiger charge is -2.09. The van der Waals surface area contributed by atoms with Crippen LogP contribution in [0.4, 0.5) is 5.69 Å². The normalized spacial score (nSPS) is 10.3. The number of hydrogen-bond acceptors (Lipinski definition) is 4. The summed E-state index contributed by atoms with van der Waals surface area (Å²) < 4.78 is 5.90. The first kappa shape index (κ1) is 22.2. The molecule has 158 valence electrons. The van der Waals surface area contributed by atoms with Crippen molar-refractivity contribution >= 4 is 39.4 Å². The topological polar surface area (TPSA) is 84.5 Å². The lowest BCUT2D eigenvalue weighted by molar-refractivity contribution is -0.131. The molecule has 0 aromatic heterocycles. The van der Waals surface area contributed by atoms with Gasteiger partial charge in [-0.15, -0.1) is 0 Å². The fourth-order valence-corrected chi connectivity index (χ4v) is 3.30. The zero-order valence-corrected chi connectivity index (χ0v) is 18.4. The smallest absolute Gasteiger partial charge is 0.308 e. The van der Waals surface area contributed by atoms with Gasteiger partial charge in [0.1, 0.15) is 5.75 Å². The molecule has 0 aliphatic carbocycles. The van der Waals surface area contributed by atoms with E-state index in [0.717, 1.165) is 15.6 Å². The summed E-state index contributed by atoms with van der Waals surface area (Å²) in [5.74, 6) is -0.510. The van der Waals surface area contributed by atoms with E-state index in [0.29, 0.717) is 23.5 Å². The third-order valence-corrected chi connectivity index (χ3v) is 5.13. The number of anilines is 1. The molecule has 0 spiro atoms. The van der Waals surface area contributed by atoms with Gasteiger partial charge in [0.2, 0.25) is 5.91 Å². The van der Waals surface area contributed by atoms with Crippen molar-refractivity contribution < 1.29 is 19.1 Å². The summed E-state index contributed by atoms with van der Waals surface area (Å²) in [5, 5.41) is 5.69. The molecule has 0 fully saturated rings. The monoisotopic (exact) mass is 480 g/mol. The maximum absolute atomic E-state index is 12.4. The summed E-state index contributed by atoms with van der Waals surface area (Å²) in [6, 6.07) is 21.3. The van der Waals surface area contributed by atoms with Crippen LogP contribution in [-0.4, -0.2) is 17.8 Å². The van der Waals surface area contributed by atoms with Crippen LogP contribution >= 0.6 is 15.9 Å². The van der Waals surface area contributed by atoms with Crippen LogP contribution in [0.5, 0.6) is 5.75 Å². The minimum atomic E-state index is -0.443. The summed E-state index contributed by atoms with van der Waals surface area (Å²) in [7, 11) is 0. The highest BCUT2D eigenvalue weighted by Gasteiger charge is 2.09. The Balaban J connectivity index is 1.52. The lowest BCUT2D eigenvalue weighted by atomic mass is 10.1. The molecule has 31 heavy (non-hydrogen) atoms. The molecule has 0 heterocycles. The van der Waals surface area contributed by atoms with Crippen LogP contribution in [0, 0.1) is 0 Å². The second-order valence-corrected chi connectivity index (χ2v) is 7.67. The average molecular weight is 481 g/mol. The average Bonchev–Trinajstić information content (AvgIpc) is 2.74. The van der Waals surface area contributed by atoms with Gasteiger partial charge in [0.15, 0.2) is 0 Å². The number of halogens is 1. The van der Waals surface area contributed by atoms with Gasteiger partial charge in [-0.1, -0.05) is 52.3 Å². The Morgan fingerprint density at radius 2 is 1.68 bits per heavy atom. The molecule has 2 N–H and O–H groups in total. The van der Waals surface area contributed by atoms with Crippen molar-refractivity contribution in [2.24, 2.45) is 0 Å². The highest BCUT2D eigenvalue weighted by molar-refractivity contribution is 9.10. The van der Waals surface area contributed by atoms with Crippen LogP contribution < -0.4 is 15.4 Å². The van der Waals surface area contributed by atoms with Gasteiger partial charge in [-0.2, -0.15) is 0 Å². The Morgan fingerprint density at radius 3 is 2.39 bits per heavy atom. The lowest BCUT2D eigenvalue weighted by Crippen LogP contribution is -2.22. The van der Waals surface area contributed by atoms with E-state index in [1.54, 1.807) is 30.3 Å². The Morgan fingerprint density at radius 1 is 0.935 bits per heavy atom. The zero-order chi connectivity index (χ0) is 22.2. The third kappa shape index (κ3) is 6.79. The van der Waals surface area contributed by atoms with Crippen LogP contribution in [0.3, 0.4) is 0 Å². The third-order valence-electron chi connectivity index (χ3n) is 4.36. The number of ether oxygens (including phenoxy) is 1. The minimum absolute atomic E-state index is 0.111. The zero-order valence-electron chi connectivity index (χ0n) is 16.9. The number of carbonyl (C=O) groups excluding carboxylic acids is 3. The molecule has 2 amide bonds. The number of benzene rings is 3. The summed E-state index contributed by atoms with van der Waals surface area (Å²) in [4.78, 5) is 35.7. The first-order chi connectivity index (χ1) is 14.9. The molecular formula is C24H21BrN2O4. The Bertz CT molecular complexity index is 1100. The molecule has 0 aliphatic heterocycles. The van der Waals surface area contributed by atoms with E-state index in [-0.39, 0.29) is 18.2 Å². The van der Waals surface area contributed by atoms with Crippen LogP contribution in [0.1, 0.15) is 28.4 Å². The van der Waals surface area contributed by atoms with Gasteiger partial charge >= 0.3 is 5.97 Å². The van der Waals surface area contributed by atoms with Gasteiger partial charge in [-0.05, 0) is 47.5 Å². The summed E-state index contributed by atoms with van der Waals surface area (Å²) in [6.07, 6.45) is 0.269. The maximum atomic E-state index is 12.4. The van der Waals surface area contributed by atoms with E-state index in [4.69, 9.17) is 4.74 Å².